The first-order chi connectivity index (χ1) is 20.8. The van der Waals surface area contributed by atoms with Crippen molar-refractivity contribution in [3.05, 3.63) is 102 Å². The van der Waals surface area contributed by atoms with Crippen LogP contribution in [0.1, 0.15) is 15.9 Å². The summed E-state index contributed by atoms with van der Waals surface area (Å²) in [5.41, 5.74) is 3.39. The predicted octanol–water partition coefficient (Wildman–Crippen LogP) is 5.18. The zero-order valence-electron chi connectivity index (χ0n) is 23.4. The van der Waals surface area contributed by atoms with Crippen molar-refractivity contribution in [1.29, 1.82) is 0 Å². The number of nitrogens with one attached hydrogen (secondary N) is 1. The molecule has 1 saturated heterocycles. The van der Waals surface area contributed by atoms with Gasteiger partial charge in [-0.3, -0.25) is 4.79 Å². The number of pyridine rings is 1. The normalized spacial score (nSPS) is 14.1. The van der Waals surface area contributed by atoms with Gasteiger partial charge in [-0.1, -0.05) is 66.7 Å². The quantitative estimate of drug-likeness (QED) is 0.258. The zero-order valence-corrected chi connectivity index (χ0v) is 24.3. The molecule has 2 heterocycles. The van der Waals surface area contributed by atoms with E-state index in [1.807, 2.05) is 60.7 Å². The molecule has 1 aliphatic heterocycles. The number of hydrogen-bond donors (Lipinski definition) is 1. The number of aryl methyl sites for hydroxylation is 1. The first-order valence-electron chi connectivity index (χ1n) is 13.8. The highest BCUT2D eigenvalue weighted by atomic mass is 32.2. The number of aromatic nitrogens is 1. The van der Waals surface area contributed by atoms with Crippen molar-refractivity contribution in [3.63, 3.8) is 0 Å². The number of para-hydroxylation sites is 1. The Labute approximate surface area is 249 Å². The molecule has 10 heteroatoms. The molecule has 0 radical (unpaired) electrons. The van der Waals surface area contributed by atoms with Gasteiger partial charge in [0.2, 0.25) is 10.0 Å². The summed E-state index contributed by atoms with van der Waals surface area (Å²) in [7, 11) is -3.75. The van der Waals surface area contributed by atoms with Crippen LogP contribution in [0, 0.1) is 6.92 Å². The Morgan fingerprint density at radius 2 is 1.63 bits per heavy atom. The summed E-state index contributed by atoms with van der Waals surface area (Å²) in [6.45, 7) is 2.38. The maximum Gasteiger partial charge on any atom is 0.339 e. The van der Waals surface area contributed by atoms with Gasteiger partial charge >= 0.3 is 5.97 Å². The minimum absolute atomic E-state index is 0.0662. The average molecular weight is 596 g/mol. The van der Waals surface area contributed by atoms with Gasteiger partial charge in [0.25, 0.3) is 5.91 Å². The molecule has 4 aromatic carbocycles. The fourth-order valence-electron chi connectivity index (χ4n) is 5.16. The van der Waals surface area contributed by atoms with Crippen LogP contribution in [0.3, 0.4) is 0 Å². The van der Waals surface area contributed by atoms with Crippen LogP contribution in [-0.4, -0.2) is 62.5 Å². The molecule has 1 aromatic heterocycles. The van der Waals surface area contributed by atoms with E-state index in [1.165, 1.54) is 16.4 Å². The second-order valence-corrected chi connectivity index (χ2v) is 12.2. The number of esters is 1. The molecule has 0 saturated carbocycles. The molecule has 6 rings (SSSR count). The fraction of sp³-hybridized carbons (Fsp3) is 0.182. The van der Waals surface area contributed by atoms with E-state index in [0.29, 0.717) is 41.1 Å². The van der Waals surface area contributed by atoms with Crippen LogP contribution in [0.4, 0.5) is 5.69 Å². The summed E-state index contributed by atoms with van der Waals surface area (Å²) in [4.78, 5) is 31.1. The molecule has 43 heavy (non-hydrogen) atoms. The molecule has 0 aliphatic carbocycles. The van der Waals surface area contributed by atoms with Gasteiger partial charge in [0.15, 0.2) is 6.61 Å². The Hall–Kier alpha value is -4.64. The number of rotatable bonds is 7. The lowest BCUT2D eigenvalue weighted by atomic mass is 9.99. The van der Waals surface area contributed by atoms with Gasteiger partial charge < -0.3 is 14.8 Å². The lowest BCUT2D eigenvalue weighted by molar-refractivity contribution is -0.119. The summed E-state index contributed by atoms with van der Waals surface area (Å²) in [6.07, 6.45) is 0. The van der Waals surface area contributed by atoms with Crippen molar-refractivity contribution < 1.29 is 27.5 Å². The van der Waals surface area contributed by atoms with Crippen molar-refractivity contribution in [3.8, 4) is 11.3 Å². The van der Waals surface area contributed by atoms with Crippen molar-refractivity contribution in [1.82, 2.24) is 9.29 Å². The minimum Gasteiger partial charge on any atom is -0.452 e. The molecule has 9 nitrogen and oxygen atoms in total. The van der Waals surface area contributed by atoms with Crippen LogP contribution in [0.15, 0.2) is 95.9 Å². The summed E-state index contributed by atoms with van der Waals surface area (Å²) in [6, 6.07) is 27.4. The number of morpholine rings is 1. The van der Waals surface area contributed by atoms with E-state index in [1.54, 1.807) is 25.1 Å². The number of carbonyl (C=O) groups is 2. The third-order valence-corrected chi connectivity index (χ3v) is 9.32. The number of sulfonamides is 1. The lowest BCUT2D eigenvalue weighted by Crippen LogP contribution is -2.40. The van der Waals surface area contributed by atoms with Gasteiger partial charge in [0.05, 0.1) is 34.9 Å². The molecule has 1 aliphatic rings. The third kappa shape index (κ3) is 5.85. The predicted molar refractivity (Wildman–Crippen MR) is 164 cm³/mol. The van der Waals surface area contributed by atoms with E-state index in [9.17, 15) is 18.0 Å². The van der Waals surface area contributed by atoms with Gasteiger partial charge in [0, 0.05) is 29.7 Å². The number of amides is 1. The summed E-state index contributed by atoms with van der Waals surface area (Å²) in [5.74, 6) is -1.26. The van der Waals surface area contributed by atoms with Gasteiger partial charge in [-0.2, -0.15) is 4.31 Å². The molecule has 5 aromatic rings. The number of hydrogen-bond acceptors (Lipinski definition) is 7. The molecular formula is C33H29N3O6S. The number of benzene rings is 4. The molecule has 0 spiro atoms. The molecule has 0 bridgehead atoms. The standard InChI is InChI=1S/C33H29N3O6S/c1-22-13-14-24(43(39,40)36-15-17-41-18-16-36)19-30(22)35-32(37)21-42-33(38)28-20-31(34-29-12-5-4-10-27(28)29)26-11-6-8-23-7-2-3-9-25(23)26/h2-14,19-20H,15-18,21H2,1H3,(H,35,37). The monoisotopic (exact) mass is 595 g/mol. The van der Waals surface area contributed by atoms with E-state index in [-0.39, 0.29) is 23.5 Å². The van der Waals surface area contributed by atoms with Crippen LogP contribution < -0.4 is 5.32 Å². The number of carbonyl (C=O) groups excluding carboxylic acids is 2. The summed E-state index contributed by atoms with van der Waals surface area (Å²) in [5, 5.41) is 5.34. The zero-order chi connectivity index (χ0) is 30.0. The Morgan fingerprint density at radius 3 is 2.44 bits per heavy atom. The van der Waals surface area contributed by atoms with Gasteiger partial charge in [-0.05, 0) is 47.5 Å². The van der Waals surface area contributed by atoms with E-state index in [4.69, 9.17) is 14.5 Å². The van der Waals surface area contributed by atoms with Gasteiger partial charge in [-0.15, -0.1) is 0 Å². The molecule has 0 unspecified atom stereocenters. The summed E-state index contributed by atoms with van der Waals surface area (Å²) >= 11 is 0. The topological polar surface area (TPSA) is 115 Å². The Balaban J connectivity index is 1.22. The Kier molecular flexibility index (Phi) is 7.90. The number of nitrogens with zero attached hydrogens (tertiary/aromatic N) is 2. The second kappa shape index (κ2) is 11.9. The number of anilines is 1. The highest BCUT2D eigenvalue weighted by Gasteiger charge is 2.27. The van der Waals surface area contributed by atoms with E-state index in [0.717, 1.165) is 16.3 Å². The van der Waals surface area contributed by atoms with Gasteiger partial charge in [0.1, 0.15) is 0 Å². The molecule has 1 amide bonds. The van der Waals surface area contributed by atoms with Crippen LogP contribution >= 0.6 is 0 Å². The van der Waals surface area contributed by atoms with E-state index < -0.39 is 28.5 Å². The molecule has 0 atom stereocenters. The van der Waals surface area contributed by atoms with Gasteiger partial charge in [-0.25, -0.2) is 18.2 Å². The van der Waals surface area contributed by atoms with Crippen molar-refractivity contribution in [2.45, 2.75) is 11.8 Å². The summed E-state index contributed by atoms with van der Waals surface area (Å²) < 4.78 is 38.3. The maximum atomic E-state index is 13.4. The molecule has 1 fully saturated rings. The average Bonchev–Trinajstić information content (AvgIpc) is 3.04. The van der Waals surface area contributed by atoms with Crippen molar-refractivity contribution in [2.24, 2.45) is 0 Å². The fourth-order valence-corrected chi connectivity index (χ4v) is 6.59. The largest absolute Gasteiger partial charge is 0.452 e. The molecule has 1 N–H and O–H groups in total. The third-order valence-electron chi connectivity index (χ3n) is 7.43. The maximum absolute atomic E-state index is 13.4. The van der Waals surface area contributed by atoms with Crippen LogP contribution in [-0.2, 0) is 24.3 Å². The highest BCUT2D eigenvalue weighted by molar-refractivity contribution is 7.89. The smallest absolute Gasteiger partial charge is 0.339 e. The molecular weight excluding hydrogens is 566 g/mol. The van der Waals surface area contributed by atoms with Crippen molar-refractivity contribution in [2.75, 3.05) is 38.2 Å². The SMILES string of the molecule is Cc1ccc(S(=O)(=O)N2CCOCC2)cc1NC(=O)COC(=O)c1cc(-c2cccc3ccccc23)nc2ccccc12. The van der Waals surface area contributed by atoms with Crippen LogP contribution in [0.5, 0.6) is 0 Å². The van der Waals surface area contributed by atoms with Crippen LogP contribution in [0.2, 0.25) is 0 Å². The van der Waals surface area contributed by atoms with Crippen molar-refractivity contribution >= 4 is 49.3 Å². The minimum atomic E-state index is -3.75. The number of ether oxygens (including phenoxy) is 2. The number of fused-ring (bicyclic) bond motifs is 2. The van der Waals surface area contributed by atoms with Crippen LogP contribution in [0.25, 0.3) is 32.9 Å². The Morgan fingerprint density at radius 1 is 0.907 bits per heavy atom. The Bertz CT molecular complexity index is 1960. The van der Waals surface area contributed by atoms with E-state index >= 15 is 0 Å². The molecule has 218 valence electrons. The van der Waals surface area contributed by atoms with E-state index in [2.05, 4.69) is 5.32 Å². The lowest BCUT2D eigenvalue weighted by Gasteiger charge is -2.26. The second-order valence-electron chi connectivity index (χ2n) is 10.2. The first-order valence-corrected chi connectivity index (χ1v) is 15.3. The first kappa shape index (κ1) is 28.5. The highest BCUT2D eigenvalue weighted by Crippen LogP contribution is 2.31.